The van der Waals surface area contributed by atoms with Gasteiger partial charge in [-0.15, -0.1) is 0 Å². The van der Waals surface area contributed by atoms with Crippen LogP contribution in [0.1, 0.15) is 27.2 Å². The minimum absolute atomic E-state index is 0.259. The van der Waals surface area contributed by atoms with E-state index in [4.69, 9.17) is 5.11 Å². The van der Waals surface area contributed by atoms with E-state index >= 15 is 0 Å². The Balaban J connectivity index is 2.70. The Bertz CT molecular complexity index is 179. The highest BCUT2D eigenvalue weighted by Gasteiger charge is 2.37. The second kappa shape index (κ2) is 3.44. The van der Waals surface area contributed by atoms with Crippen LogP contribution >= 0.6 is 0 Å². The summed E-state index contributed by atoms with van der Waals surface area (Å²) in [6.45, 7) is 7.04. The molecule has 1 heterocycles. The molecule has 0 unspecified atom stereocenters. The molecular formula is C9H17NO2. The molecule has 0 aromatic carbocycles. The van der Waals surface area contributed by atoms with E-state index in [1.54, 1.807) is 0 Å². The average molecular weight is 171 g/mol. The first-order chi connectivity index (χ1) is 5.54. The summed E-state index contributed by atoms with van der Waals surface area (Å²) in [6.07, 6.45) is 1.01. The van der Waals surface area contributed by atoms with Gasteiger partial charge in [0, 0.05) is 6.04 Å². The first kappa shape index (κ1) is 9.52. The molecule has 0 aromatic heterocycles. The SMILES string of the molecule is CC(C)N1CC[C@H](C)[C@H]1C(=O)O. The van der Waals surface area contributed by atoms with Gasteiger partial charge < -0.3 is 5.11 Å². The quantitative estimate of drug-likeness (QED) is 0.678. The Kier molecular flexibility index (Phi) is 2.73. The average Bonchev–Trinajstić information content (AvgIpc) is 2.30. The lowest BCUT2D eigenvalue weighted by Gasteiger charge is -2.26. The molecule has 12 heavy (non-hydrogen) atoms. The summed E-state index contributed by atoms with van der Waals surface area (Å²) < 4.78 is 0. The van der Waals surface area contributed by atoms with E-state index in [1.165, 1.54) is 0 Å². The highest BCUT2D eigenvalue weighted by atomic mass is 16.4. The first-order valence-corrected chi connectivity index (χ1v) is 4.52. The van der Waals surface area contributed by atoms with Gasteiger partial charge in [-0.2, -0.15) is 0 Å². The van der Waals surface area contributed by atoms with Crippen LogP contribution in [0.3, 0.4) is 0 Å². The van der Waals surface area contributed by atoms with Crippen molar-refractivity contribution in [3.63, 3.8) is 0 Å². The van der Waals surface area contributed by atoms with Gasteiger partial charge in [0.2, 0.25) is 0 Å². The number of nitrogens with zero attached hydrogens (tertiary/aromatic N) is 1. The van der Waals surface area contributed by atoms with Gasteiger partial charge in [-0.3, -0.25) is 9.69 Å². The number of hydrogen-bond acceptors (Lipinski definition) is 2. The lowest BCUT2D eigenvalue weighted by Crippen LogP contribution is -2.42. The highest BCUT2D eigenvalue weighted by molar-refractivity contribution is 5.74. The zero-order valence-corrected chi connectivity index (χ0v) is 7.95. The van der Waals surface area contributed by atoms with Crippen LogP contribution in [0.25, 0.3) is 0 Å². The molecule has 70 valence electrons. The molecule has 3 heteroatoms. The van der Waals surface area contributed by atoms with Crippen molar-refractivity contribution in [2.24, 2.45) is 5.92 Å². The largest absolute Gasteiger partial charge is 0.480 e. The van der Waals surface area contributed by atoms with E-state index in [2.05, 4.69) is 4.90 Å². The highest BCUT2D eigenvalue weighted by Crippen LogP contribution is 2.25. The number of carboxylic acid groups (broad SMARTS) is 1. The first-order valence-electron chi connectivity index (χ1n) is 4.52. The zero-order valence-electron chi connectivity index (χ0n) is 7.95. The molecule has 0 spiro atoms. The molecule has 1 aliphatic rings. The molecule has 1 fully saturated rings. The van der Waals surface area contributed by atoms with E-state index in [9.17, 15) is 4.79 Å². The van der Waals surface area contributed by atoms with Gasteiger partial charge in [-0.25, -0.2) is 0 Å². The molecule has 0 aromatic rings. The van der Waals surface area contributed by atoms with Crippen LogP contribution in [0.5, 0.6) is 0 Å². The van der Waals surface area contributed by atoms with Crippen LogP contribution in [-0.4, -0.2) is 34.6 Å². The van der Waals surface area contributed by atoms with Crippen LogP contribution in [0.4, 0.5) is 0 Å². The minimum Gasteiger partial charge on any atom is -0.480 e. The van der Waals surface area contributed by atoms with E-state index in [-0.39, 0.29) is 6.04 Å². The maximum absolute atomic E-state index is 10.9. The van der Waals surface area contributed by atoms with Crippen molar-refractivity contribution in [3.05, 3.63) is 0 Å². The summed E-state index contributed by atoms with van der Waals surface area (Å²) in [6, 6.07) is 0.0843. The molecule has 0 bridgehead atoms. The van der Waals surface area contributed by atoms with Crippen molar-refractivity contribution in [3.8, 4) is 0 Å². The van der Waals surface area contributed by atoms with Crippen molar-refractivity contribution in [1.29, 1.82) is 0 Å². The van der Waals surface area contributed by atoms with Gasteiger partial charge in [0.1, 0.15) is 6.04 Å². The van der Waals surface area contributed by atoms with Crippen molar-refractivity contribution in [2.75, 3.05) is 6.54 Å². The Morgan fingerprint density at radius 1 is 1.58 bits per heavy atom. The zero-order chi connectivity index (χ0) is 9.30. The van der Waals surface area contributed by atoms with E-state index in [0.717, 1.165) is 13.0 Å². The molecule has 1 rings (SSSR count). The smallest absolute Gasteiger partial charge is 0.321 e. The fourth-order valence-corrected chi connectivity index (χ4v) is 1.94. The van der Waals surface area contributed by atoms with E-state index < -0.39 is 5.97 Å². The van der Waals surface area contributed by atoms with Gasteiger partial charge >= 0.3 is 5.97 Å². The fourth-order valence-electron chi connectivity index (χ4n) is 1.94. The normalized spacial score (nSPS) is 31.3. The Morgan fingerprint density at radius 3 is 2.50 bits per heavy atom. The standard InChI is InChI=1S/C9H17NO2/c1-6(2)10-5-4-7(3)8(10)9(11)12/h6-8H,4-5H2,1-3H3,(H,11,12)/t7-,8-/m0/s1. The van der Waals surface area contributed by atoms with Crippen LogP contribution in [0, 0.1) is 5.92 Å². The van der Waals surface area contributed by atoms with Crippen LogP contribution in [0.15, 0.2) is 0 Å². The maximum atomic E-state index is 10.9. The van der Waals surface area contributed by atoms with Crippen molar-refractivity contribution in [1.82, 2.24) is 4.90 Å². The molecule has 1 aliphatic heterocycles. The Labute approximate surface area is 73.4 Å². The Hall–Kier alpha value is -0.570. The fraction of sp³-hybridized carbons (Fsp3) is 0.889. The second-order valence-corrected chi connectivity index (χ2v) is 3.88. The molecule has 0 aliphatic carbocycles. The van der Waals surface area contributed by atoms with Crippen LogP contribution in [-0.2, 0) is 4.79 Å². The summed E-state index contributed by atoms with van der Waals surface area (Å²) in [7, 11) is 0. The van der Waals surface area contributed by atoms with E-state index in [1.807, 2.05) is 20.8 Å². The molecular weight excluding hydrogens is 154 g/mol. The lowest BCUT2D eigenvalue weighted by molar-refractivity contribution is -0.143. The molecule has 2 atom stereocenters. The molecule has 3 nitrogen and oxygen atoms in total. The minimum atomic E-state index is -0.672. The van der Waals surface area contributed by atoms with Crippen molar-refractivity contribution in [2.45, 2.75) is 39.3 Å². The topological polar surface area (TPSA) is 40.5 Å². The summed E-state index contributed by atoms with van der Waals surface area (Å²) >= 11 is 0. The summed E-state index contributed by atoms with van der Waals surface area (Å²) in [5.74, 6) is -0.376. The molecule has 1 N–H and O–H groups in total. The van der Waals surface area contributed by atoms with Gasteiger partial charge in [0.15, 0.2) is 0 Å². The third-order valence-electron chi connectivity index (χ3n) is 2.66. The predicted molar refractivity (Wildman–Crippen MR) is 47.0 cm³/mol. The number of aliphatic carboxylic acids is 1. The number of rotatable bonds is 2. The van der Waals surface area contributed by atoms with Gasteiger partial charge in [0.25, 0.3) is 0 Å². The van der Waals surface area contributed by atoms with Gasteiger partial charge in [-0.1, -0.05) is 6.92 Å². The lowest BCUT2D eigenvalue weighted by atomic mass is 10.0. The van der Waals surface area contributed by atoms with Gasteiger partial charge in [-0.05, 0) is 32.7 Å². The Morgan fingerprint density at radius 2 is 2.17 bits per heavy atom. The molecule has 0 radical (unpaired) electrons. The summed E-state index contributed by atoms with van der Waals surface area (Å²) in [5.41, 5.74) is 0. The third kappa shape index (κ3) is 1.61. The van der Waals surface area contributed by atoms with Crippen molar-refractivity contribution < 1.29 is 9.90 Å². The molecule has 0 amide bonds. The monoisotopic (exact) mass is 171 g/mol. The molecule has 1 saturated heterocycles. The number of likely N-dealkylation sites (tertiary alicyclic amines) is 1. The maximum Gasteiger partial charge on any atom is 0.321 e. The number of carbonyl (C=O) groups is 1. The molecule has 0 saturated carbocycles. The van der Waals surface area contributed by atoms with Crippen LogP contribution < -0.4 is 0 Å². The van der Waals surface area contributed by atoms with Crippen molar-refractivity contribution >= 4 is 5.97 Å². The van der Waals surface area contributed by atoms with Crippen LogP contribution in [0.2, 0.25) is 0 Å². The number of carboxylic acids is 1. The summed E-state index contributed by atoms with van der Waals surface area (Å²) in [5, 5.41) is 8.96. The predicted octanol–water partition coefficient (Wildman–Crippen LogP) is 1.19. The summed E-state index contributed by atoms with van der Waals surface area (Å²) in [4.78, 5) is 12.9. The number of hydrogen-bond donors (Lipinski definition) is 1. The third-order valence-corrected chi connectivity index (χ3v) is 2.66. The second-order valence-electron chi connectivity index (χ2n) is 3.88. The van der Waals surface area contributed by atoms with E-state index in [0.29, 0.717) is 12.0 Å². The van der Waals surface area contributed by atoms with Gasteiger partial charge in [0.05, 0.1) is 0 Å².